The van der Waals surface area contributed by atoms with E-state index in [0.717, 1.165) is 24.0 Å². The Morgan fingerprint density at radius 1 is 1.35 bits per heavy atom. The van der Waals surface area contributed by atoms with Gasteiger partial charge in [-0.15, -0.1) is 0 Å². The predicted molar refractivity (Wildman–Crippen MR) is 68.7 cm³/mol. The van der Waals surface area contributed by atoms with Gasteiger partial charge in [0, 0.05) is 6.04 Å². The molecule has 1 aromatic rings. The molecule has 1 aliphatic carbocycles. The average molecular weight is 253 g/mol. The maximum absolute atomic E-state index is 12.2. The van der Waals surface area contributed by atoms with Crippen molar-refractivity contribution in [2.45, 2.75) is 37.6 Å². The van der Waals surface area contributed by atoms with Crippen LogP contribution in [0.15, 0.2) is 23.1 Å². The van der Waals surface area contributed by atoms with Gasteiger partial charge in [-0.3, -0.25) is 0 Å². The fourth-order valence-corrected chi connectivity index (χ4v) is 3.94. The van der Waals surface area contributed by atoms with Crippen molar-refractivity contribution in [1.29, 1.82) is 0 Å². The van der Waals surface area contributed by atoms with Crippen LogP contribution in [-0.2, 0) is 9.84 Å². The number of hydrogen-bond donors (Lipinski definition) is 1. The molecule has 0 heterocycles. The molecule has 1 saturated carbocycles. The topological polar surface area (TPSA) is 60.2 Å². The van der Waals surface area contributed by atoms with Gasteiger partial charge in [0.05, 0.1) is 10.6 Å². The quantitative estimate of drug-likeness (QED) is 0.890. The van der Waals surface area contributed by atoms with Gasteiger partial charge in [-0.1, -0.05) is 17.7 Å². The summed E-state index contributed by atoms with van der Waals surface area (Å²) in [5, 5.41) is 0. The Morgan fingerprint density at radius 3 is 2.53 bits per heavy atom. The van der Waals surface area contributed by atoms with E-state index in [4.69, 9.17) is 5.73 Å². The molecular formula is C13H19NO2S. The van der Waals surface area contributed by atoms with E-state index in [0.29, 0.717) is 10.8 Å². The van der Waals surface area contributed by atoms with E-state index >= 15 is 0 Å². The summed E-state index contributed by atoms with van der Waals surface area (Å²) in [4.78, 5) is 0.430. The molecule has 0 aliphatic heterocycles. The number of sulfone groups is 1. The SMILES string of the molecule is Cc1ccc(S(=O)(=O)CC(N)C2CC2)c(C)c1. The molecule has 2 rings (SSSR count). The maximum Gasteiger partial charge on any atom is 0.180 e. The molecule has 3 nitrogen and oxygen atoms in total. The minimum atomic E-state index is -3.24. The first-order chi connectivity index (χ1) is 7.90. The van der Waals surface area contributed by atoms with Gasteiger partial charge in [0.15, 0.2) is 9.84 Å². The molecule has 0 aromatic heterocycles. The molecule has 1 aromatic carbocycles. The first-order valence-corrected chi connectivity index (χ1v) is 7.61. The Morgan fingerprint density at radius 2 is 2.00 bits per heavy atom. The number of benzene rings is 1. The fraction of sp³-hybridized carbons (Fsp3) is 0.538. The summed E-state index contributed by atoms with van der Waals surface area (Å²) in [6.45, 7) is 3.79. The summed E-state index contributed by atoms with van der Waals surface area (Å²) in [6, 6.07) is 5.22. The van der Waals surface area contributed by atoms with Gasteiger partial charge in [0.2, 0.25) is 0 Å². The third kappa shape index (κ3) is 2.87. The fourth-order valence-electron chi connectivity index (χ4n) is 2.15. The van der Waals surface area contributed by atoms with Gasteiger partial charge < -0.3 is 5.73 Å². The zero-order valence-electron chi connectivity index (χ0n) is 10.3. The minimum Gasteiger partial charge on any atom is -0.327 e. The van der Waals surface area contributed by atoms with Gasteiger partial charge in [-0.25, -0.2) is 8.42 Å². The molecule has 17 heavy (non-hydrogen) atoms. The Hall–Kier alpha value is -0.870. The molecule has 1 unspecified atom stereocenters. The Kier molecular flexibility index (Phi) is 3.27. The second-order valence-corrected chi connectivity index (χ2v) is 7.05. The van der Waals surface area contributed by atoms with Gasteiger partial charge in [0.25, 0.3) is 0 Å². The van der Waals surface area contributed by atoms with Gasteiger partial charge in [0.1, 0.15) is 0 Å². The average Bonchev–Trinajstić information content (AvgIpc) is 2.98. The molecule has 1 aliphatic rings. The predicted octanol–water partition coefficient (Wildman–Crippen LogP) is 1.81. The van der Waals surface area contributed by atoms with Crippen LogP contribution in [0.2, 0.25) is 0 Å². The maximum atomic E-state index is 12.2. The van der Waals surface area contributed by atoms with Crippen LogP contribution in [-0.4, -0.2) is 20.2 Å². The summed E-state index contributed by atoms with van der Waals surface area (Å²) < 4.78 is 24.5. The molecule has 0 saturated heterocycles. The van der Waals surface area contributed by atoms with Crippen molar-refractivity contribution in [3.05, 3.63) is 29.3 Å². The van der Waals surface area contributed by atoms with Crippen molar-refractivity contribution in [2.24, 2.45) is 11.7 Å². The molecule has 0 amide bonds. The van der Waals surface area contributed by atoms with E-state index in [1.807, 2.05) is 26.0 Å². The standard InChI is InChI=1S/C13H19NO2S/c1-9-3-6-13(10(2)7-9)17(15,16)8-12(14)11-4-5-11/h3,6-7,11-12H,4-5,8,14H2,1-2H3. The molecule has 0 bridgehead atoms. The normalized spacial score (nSPS) is 18.1. The summed E-state index contributed by atoms with van der Waals surface area (Å²) in [5.41, 5.74) is 7.79. The second-order valence-electron chi connectivity index (χ2n) is 5.05. The van der Waals surface area contributed by atoms with Crippen LogP contribution >= 0.6 is 0 Å². The van der Waals surface area contributed by atoms with Crippen LogP contribution in [0.1, 0.15) is 24.0 Å². The number of hydrogen-bond acceptors (Lipinski definition) is 3. The summed E-state index contributed by atoms with van der Waals surface area (Å²) in [5.74, 6) is 0.484. The highest BCUT2D eigenvalue weighted by Crippen LogP contribution is 2.33. The van der Waals surface area contributed by atoms with Crippen molar-refractivity contribution < 1.29 is 8.42 Å². The Bertz CT molecular complexity index is 518. The highest BCUT2D eigenvalue weighted by atomic mass is 32.2. The number of rotatable bonds is 4. The minimum absolute atomic E-state index is 0.0710. The van der Waals surface area contributed by atoms with Crippen molar-refractivity contribution in [1.82, 2.24) is 0 Å². The molecule has 0 radical (unpaired) electrons. The lowest BCUT2D eigenvalue weighted by Gasteiger charge is -2.13. The second kappa shape index (κ2) is 4.42. The molecule has 4 heteroatoms. The van der Waals surface area contributed by atoms with Crippen LogP contribution in [0.3, 0.4) is 0 Å². The molecule has 0 spiro atoms. The van der Waals surface area contributed by atoms with Gasteiger partial charge in [-0.2, -0.15) is 0 Å². The summed E-state index contributed by atoms with van der Waals surface area (Å²) in [6.07, 6.45) is 2.15. The van der Waals surface area contributed by atoms with Crippen LogP contribution in [0.25, 0.3) is 0 Å². The molecule has 1 atom stereocenters. The van der Waals surface area contributed by atoms with Crippen molar-refractivity contribution in [3.8, 4) is 0 Å². The highest BCUT2D eigenvalue weighted by Gasteiger charge is 2.32. The van der Waals surface area contributed by atoms with Crippen molar-refractivity contribution >= 4 is 9.84 Å². The zero-order valence-corrected chi connectivity index (χ0v) is 11.1. The smallest absolute Gasteiger partial charge is 0.180 e. The van der Waals surface area contributed by atoms with E-state index in [2.05, 4.69) is 0 Å². The summed E-state index contributed by atoms with van der Waals surface area (Å²) in [7, 11) is -3.24. The molecule has 94 valence electrons. The molecule has 1 fully saturated rings. The van der Waals surface area contributed by atoms with Crippen LogP contribution < -0.4 is 5.73 Å². The van der Waals surface area contributed by atoms with E-state index in [-0.39, 0.29) is 11.8 Å². The third-order valence-corrected chi connectivity index (χ3v) is 5.26. The third-order valence-electron chi connectivity index (χ3n) is 3.30. The number of aryl methyl sites for hydroxylation is 2. The molecular weight excluding hydrogens is 234 g/mol. The van der Waals surface area contributed by atoms with Crippen molar-refractivity contribution in [2.75, 3.05) is 5.75 Å². The zero-order chi connectivity index (χ0) is 12.6. The monoisotopic (exact) mass is 253 g/mol. The van der Waals surface area contributed by atoms with Crippen molar-refractivity contribution in [3.63, 3.8) is 0 Å². The number of nitrogens with two attached hydrogens (primary N) is 1. The Labute approximate surface area is 103 Å². The van der Waals surface area contributed by atoms with E-state index in [9.17, 15) is 8.42 Å². The lowest BCUT2D eigenvalue weighted by Crippen LogP contribution is -2.31. The van der Waals surface area contributed by atoms with E-state index < -0.39 is 9.84 Å². The van der Waals surface area contributed by atoms with E-state index in [1.165, 1.54) is 0 Å². The Balaban J connectivity index is 2.24. The van der Waals surface area contributed by atoms with Crippen LogP contribution in [0, 0.1) is 19.8 Å². The van der Waals surface area contributed by atoms with E-state index in [1.54, 1.807) is 6.07 Å². The van der Waals surface area contributed by atoms with Gasteiger partial charge >= 0.3 is 0 Å². The lowest BCUT2D eigenvalue weighted by atomic mass is 10.2. The highest BCUT2D eigenvalue weighted by molar-refractivity contribution is 7.91. The largest absolute Gasteiger partial charge is 0.327 e. The van der Waals surface area contributed by atoms with Crippen LogP contribution in [0.5, 0.6) is 0 Å². The summed E-state index contributed by atoms with van der Waals surface area (Å²) >= 11 is 0. The molecule has 2 N–H and O–H groups in total. The first-order valence-electron chi connectivity index (χ1n) is 5.96. The van der Waals surface area contributed by atoms with Crippen LogP contribution in [0.4, 0.5) is 0 Å². The first kappa shape index (κ1) is 12.6. The van der Waals surface area contributed by atoms with Gasteiger partial charge in [-0.05, 0) is 44.2 Å². The lowest BCUT2D eigenvalue weighted by molar-refractivity contribution is 0.574.